The second-order valence-corrected chi connectivity index (χ2v) is 19.2. The molecule has 1 aliphatic rings. The van der Waals surface area contributed by atoms with Crippen LogP contribution >= 0.6 is 0 Å². The van der Waals surface area contributed by atoms with E-state index in [0.29, 0.717) is 32.6 Å². The average Bonchev–Trinajstić information content (AvgIpc) is 3.84. The Kier molecular flexibility index (Phi) is 38.2. The van der Waals surface area contributed by atoms with Gasteiger partial charge in [0.1, 0.15) is 19.3 Å². The molecule has 10 heteroatoms. The van der Waals surface area contributed by atoms with Crippen molar-refractivity contribution in [1.29, 1.82) is 0 Å². The van der Waals surface area contributed by atoms with E-state index in [2.05, 4.69) is 50.0 Å². The molecule has 1 heterocycles. The van der Waals surface area contributed by atoms with Crippen LogP contribution in [0.3, 0.4) is 0 Å². The normalized spacial score (nSPS) is 13.3. The van der Waals surface area contributed by atoms with Gasteiger partial charge >= 0.3 is 18.0 Å². The highest BCUT2D eigenvalue weighted by Crippen LogP contribution is 2.20. The molecule has 1 unspecified atom stereocenters. The van der Waals surface area contributed by atoms with Crippen molar-refractivity contribution in [2.24, 2.45) is 0 Å². The Labute approximate surface area is 404 Å². The summed E-state index contributed by atoms with van der Waals surface area (Å²) in [6.45, 7) is 14.1. The number of amides is 1. The summed E-state index contributed by atoms with van der Waals surface area (Å²) in [4.78, 5) is 41.4. The molecule has 10 nitrogen and oxygen atoms in total. The molecule has 0 aliphatic carbocycles. The van der Waals surface area contributed by atoms with E-state index >= 15 is 0 Å². The van der Waals surface area contributed by atoms with Crippen molar-refractivity contribution in [3.8, 4) is 0 Å². The number of hydrogen-bond donors (Lipinski definition) is 1. The Hall–Kier alpha value is -2.69. The van der Waals surface area contributed by atoms with Crippen LogP contribution in [0.2, 0.25) is 0 Å². The molecule has 1 aromatic rings. The van der Waals surface area contributed by atoms with E-state index in [4.69, 9.17) is 23.7 Å². The predicted octanol–water partition coefficient (Wildman–Crippen LogP) is 14.6. The number of ether oxygens (including phenoxy) is 5. The molecular weight excluding hydrogens is 829 g/mol. The summed E-state index contributed by atoms with van der Waals surface area (Å²) in [5, 5.41) is 2.92. The van der Waals surface area contributed by atoms with Crippen LogP contribution in [0, 0.1) is 0 Å². The molecule has 0 radical (unpaired) electrons. The molecule has 66 heavy (non-hydrogen) atoms. The van der Waals surface area contributed by atoms with Crippen LogP contribution in [0.5, 0.6) is 0 Å². The smallest absolute Gasteiger partial charge is 0.407 e. The van der Waals surface area contributed by atoms with Crippen molar-refractivity contribution in [2.75, 3.05) is 39.4 Å². The number of nitrogens with zero attached hydrogens (tertiary/aromatic N) is 1. The van der Waals surface area contributed by atoms with Gasteiger partial charge in [0.05, 0.1) is 6.42 Å². The fraction of sp³-hybridized carbons (Fsp3) is 0.839. The highest BCUT2D eigenvalue weighted by Gasteiger charge is 2.19. The zero-order valence-corrected chi connectivity index (χ0v) is 43.1. The topological polar surface area (TPSA) is 113 Å². The molecule has 0 bridgehead atoms. The Morgan fingerprint density at radius 1 is 0.530 bits per heavy atom. The van der Waals surface area contributed by atoms with E-state index < -0.39 is 12.4 Å². The minimum atomic E-state index is -0.409. The Morgan fingerprint density at radius 3 is 1.48 bits per heavy atom. The lowest BCUT2D eigenvalue weighted by molar-refractivity contribution is -0.160. The average molecular weight is 929 g/mol. The molecular formula is C56H100N2O8. The van der Waals surface area contributed by atoms with Crippen molar-refractivity contribution in [3.63, 3.8) is 0 Å². The van der Waals surface area contributed by atoms with Gasteiger partial charge < -0.3 is 33.9 Å². The molecule has 1 fully saturated rings. The van der Waals surface area contributed by atoms with Crippen LogP contribution in [-0.4, -0.2) is 74.7 Å². The zero-order valence-electron chi connectivity index (χ0n) is 43.1. The minimum Gasteiger partial charge on any atom is -0.461 e. The number of benzene rings is 1. The number of likely N-dealkylation sites (tertiary alicyclic amines) is 1. The van der Waals surface area contributed by atoms with Gasteiger partial charge in [0.2, 0.25) is 0 Å². The number of carbonyl (C=O) groups is 3. The third kappa shape index (κ3) is 33.7. The van der Waals surface area contributed by atoms with Crippen molar-refractivity contribution in [3.05, 3.63) is 34.9 Å². The van der Waals surface area contributed by atoms with Crippen molar-refractivity contribution in [2.45, 2.75) is 265 Å². The molecule has 0 spiro atoms. The monoisotopic (exact) mass is 929 g/mol. The maximum Gasteiger partial charge on any atom is 0.407 e. The van der Waals surface area contributed by atoms with Gasteiger partial charge in [-0.1, -0.05) is 175 Å². The SMILES string of the molecule is CCCCCCCCCCCc1cc(COC(=O)CCC(CCCCCC)OC(=O)NCCN2CCCC2)cc(COC(=O)CCC(OCCCCCCCC)OCCCCCCCC)c1. The van der Waals surface area contributed by atoms with Gasteiger partial charge in [-0.25, -0.2) is 4.79 Å². The number of nitrogens with one attached hydrogen (secondary N) is 1. The van der Waals surface area contributed by atoms with Crippen LogP contribution in [0.4, 0.5) is 4.79 Å². The summed E-state index contributed by atoms with van der Waals surface area (Å²) in [7, 11) is 0. The predicted molar refractivity (Wildman–Crippen MR) is 271 cm³/mol. The molecule has 382 valence electrons. The van der Waals surface area contributed by atoms with Gasteiger partial charge in [0.15, 0.2) is 6.29 Å². The summed E-state index contributed by atoms with van der Waals surface area (Å²) in [6, 6.07) is 6.25. The molecule has 1 amide bonds. The summed E-state index contributed by atoms with van der Waals surface area (Å²) in [5.41, 5.74) is 2.95. The standard InChI is InChI=1S/C56H100N2O8/c1-5-9-13-17-20-21-22-23-26-32-49-44-50(47-64-53(59)35-34-52(33-27-16-12-8-4)66-56(61)57-38-41-58-39-28-29-40-58)46-51(45-49)48-65-54(60)36-37-55(62-42-30-24-18-14-10-6-2)63-43-31-25-19-15-11-7-3/h44-46,52,55H,5-43,47-48H2,1-4H3,(H,57,61). The Balaban J connectivity index is 1.97. The first-order chi connectivity index (χ1) is 32.4. The van der Waals surface area contributed by atoms with Crippen LogP contribution in [0.25, 0.3) is 0 Å². The molecule has 1 atom stereocenters. The van der Waals surface area contributed by atoms with E-state index in [-0.39, 0.29) is 44.1 Å². The first kappa shape index (κ1) is 59.4. The number of aryl methyl sites for hydroxylation is 1. The van der Waals surface area contributed by atoms with E-state index in [1.54, 1.807) is 0 Å². The number of unbranched alkanes of at least 4 members (excludes halogenated alkanes) is 21. The van der Waals surface area contributed by atoms with Gasteiger partial charge in [-0.3, -0.25) is 9.59 Å². The highest BCUT2D eigenvalue weighted by atomic mass is 16.7. The number of hydrogen-bond acceptors (Lipinski definition) is 9. The summed E-state index contributed by atoms with van der Waals surface area (Å²) < 4.78 is 29.9. The summed E-state index contributed by atoms with van der Waals surface area (Å²) >= 11 is 0. The number of esters is 2. The van der Waals surface area contributed by atoms with Gasteiger partial charge in [-0.15, -0.1) is 0 Å². The van der Waals surface area contributed by atoms with E-state index in [0.717, 1.165) is 101 Å². The van der Waals surface area contributed by atoms with Crippen LogP contribution in [-0.2, 0) is 52.9 Å². The third-order valence-electron chi connectivity index (χ3n) is 12.9. The second-order valence-electron chi connectivity index (χ2n) is 19.2. The van der Waals surface area contributed by atoms with E-state index in [9.17, 15) is 14.4 Å². The van der Waals surface area contributed by atoms with Gasteiger partial charge in [0, 0.05) is 39.1 Å². The molecule has 0 aromatic heterocycles. The van der Waals surface area contributed by atoms with E-state index in [1.165, 1.54) is 121 Å². The fourth-order valence-electron chi connectivity index (χ4n) is 8.76. The van der Waals surface area contributed by atoms with Crippen molar-refractivity contribution in [1.82, 2.24) is 10.2 Å². The lowest BCUT2D eigenvalue weighted by Gasteiger charge is -2.19. The quantitative estimate of drug-likeness (QED) is 0.0296. The van der Waals surface area contributed by atoms with Crippen molar-refractivity contribution >= 4 is 18.0 Å². The minimum absolute atomic E-state index is 0.137. The largest absolute Gasteiger partial charge is 0.461 e. The number of carbonyl (C=O) groups excluding carboxylic acids is 3. The fourth-order valence-corrected chi connectivity index (χ4v) is 8.76. The maximum atomic E-state index is 13.2. The lowest BCUT2D eigenvalue weighted by Crippen LogP contribution is -2.35. The Bertz CT molecular complexity index is 1300. The first-order valence-corrected chi connectivity index (χ1v) is 27.7. The molecule has 1 N–H and O–H groups in total. The molecule has 2 rings (SSSR count). The second kappa shape index (κ2) is 42.4. The number of alkyl carbamates (subject to hydrolysis) is 1. The van der Waals surface area contributed by atoms with Gasteiger partial charge in [-0.05, 0) is 93.6 Å². The zero-order chi connectivity index (χ0) is 47.6. The number of rotatable bonds is 45. The lowest BCUT2D eigenvalue weighted by atomic mass is 10.0. The van der Waals surface area contributed by atoms with Gasteiger partial charge in [0.25, 0.3) is 0 Å². The van der Waals surface area contributed by atoms with Crippen molar-refractivity contribution < 1.29 is 38.1 Å². The molecule has 1 aliphatic heterocycles. The summed E-state index contributed by atoms with van der Waals surface area (Å²) in [6.07, 6.45) is 34.2. The summed E-state index contributed by atoms with van der Waals surface area (Å²) in [5.74, 6) is -0.578. The van der Waals surface area contributed by atoms with E-state index in [1.807, 2.05) is 6.07 Å². The van der Waals surface area contributed by atoms with Crippen LogP contribution < -0.4 is 5.32 Å². The third-order valence-corrected chi connectivity index (χ3v) is 12.9. The molecule has 0 saturated carbocycles. The molecule has 1 aromatic carbocycles. The van der Waals surface area contributed by atoms with Crippen LogP contribution in [0.15, 0.2) is 18.2 Å². The Morgan fingerprint density at radius 2 is 0.970 bits per heavy atom. The van der Waals surface area contributed by atoms with Crippen LogP contribution in [0.1, 0.15) is 250 Å². The molecule has 1 saturated heterocycles. The first-order valence-electron chi connectivity index (χ1n) is 27.7. The maximum absolute atomic E-state index is 13.2. The van der Waals surface area contributed by atoms with Gasteiger partial charge in [-0.2, -0.15) is 0 Å². The highest BCUT2D eigenvalue weighted by molar-refractivity contribution is 5.70.